The maximum Gasteiger partial charge on any atom is 0.245 e. The summed E-state index contributed by atoms with van der Waals surface area (Å²) in [5, 5.41) is -2.45. The molecule has 0 aromatic heterocycles. The highest BCUT2D eigenvalue weighted by Crippen LogP contribution is 2.85. The van der Waals surface area contributed by atoms with E-state index in [4.69, 9.17) is 92.8 Å². The Kier molecular flexibility index (Phi) is 7.05. The Bertz CT molecular complexity index is 1000. The lowest BCUT2D eigenvalue weighted by molar-refractivity contribution is -0.219. The molecule has 0 unspecified atom stereocenters. The van der Waals surface area contributed by atoms with Crippen molar-refractivity contribution in [2.75, 3.05) is 0 Å². The summed E-state index contributed by atoms with van der Waals surface area (Å²) >= 11 is 55.0. The highest BCUT2D eigenvalue weighted by Gasteiger charge is 2.92. The van der Waals surface area contributed by atoms with Crippen molar-refractivity contribution in [1.29, 1.82) is 0 Å². The van der Waals surface area contributed by atoms with E-state index >= 15 is 0 Å². The van der Waals surface area contributed by atoms with E-state index in [2.05, 4.69) is 6.92 Å². The molecular formula is C24H28Cl8O3. The summed E-state index contributed by atoms with van der Waals surface area (Å²) in [6.45, 7) is 7.65. The van der Waals surface area contributed by atoms with Gasteiger partial charge in [-0.3, -0.25) is 14.4 Å². The first-order valence-corrected chi connectivity index (χ1v) is 14.9. The predicted octanol–water partition coefficient (Wildman–Crippen LogP) is 8.29. The third kappa shape index (κ3) is 2.95. The first-order valence-electron chi connectivity index (χ1n) is 11.8. The third-order valence-electron chi connectivity index (χ3n) is 10.7. The van der Waals surface area contributed by atoms with Gasteiger partial charge < -0.3 is 0 Å². The van der Waals surface area contributed by atoms with Crippen LogP contribution < -0.4 is 0 Å². The van der Waals surface area contributed by atoms with Gasteiger partial charge in [0, 0.05) is 16.7 Å². The standard InChI is InChI=1S/C24H28Cl8O3/c1-11(2)21(28)14-10-13-18(3)7-5-8-19(4,15(25)33)12(18)6-9-20(13,24(21,31)32)23(30,17(27)35)22(14,29)16(26)34/h11-14H,5-10H2,1-4H3/t12-,13-,14+,18-,19-,20+,21+,22-,23-/m1/s1. The van der Waals surface area contributed by atoms with Crippen LogP contribution in [0.5, 0.6) is 0 Å². The van der Waals surface area contributed by atoms with Crippen LogP contribution in [0.1, 0.15) is 66.2 Å². The number of carbonyl (C=O) groups is 3. The Labute approximate surface area is 246 Å². The monoisotopic (exact) mass is 644 g/mol. The number of carbonyl (C=O) groups excluding carboxylic acids is 3. The molecule has 5 aliphatic carbocycles. The van der Waals surface area contributed by atoms with Gasteiger partial charge in [-0.2, -0.15) is 0 Å². The SMILES string of the molecule is CC(C)[C@]1(Cl)[C@@H]2C[C@@H]3[C@]4(C)CCC[C@@](C)(C(=O)Cl)[C@@H]4CC[C@@]3(C1(Cl)Cl)[C@](Cl)(C(=O)Cl)[C@]2(Cl)C(=O)Cl. The fraction of sp³-hybridized carbons (Fsp3) is 0.875. The molecule has 2 bridgehead atoms. The average molecular weight is 648 g/mol. The van der Waals surface area contributed by atoms with E-state index in [1.807, 2.05) is 20.8 Å². The Morgan fingerprint density at radius 2 is 1.34 bits per heavy atom. The zero-order valence-electron chi connectivity index (χ0n) is 19.8. The second kappa shape index (κ2) is 8.42. The lowest BCUT2D eigenvalue weighted by Gasteiger charge is -2.79. The normalized spacial score (nSPS) is 52.5. The Balaban J connectivity index is 2.09. The van der Waals surface area contributed by atoms with Crippen molar-refractivity contribution in [2.24, 2.45) is 39.9 Å². The summed E-state index contributed by atoms with van der Waals surface area (Å²) in [5.74, 6) is -1.91. The van der Waals surface area contributed by atoms with Crippen LogP contribution in [0.4, 0.5) is 0 Å². The van der Waals surface area contributed by atoms with E-state index in [1.54, 1.807) is 0 Å². The maximum atomic E-state index is 13.4. The van der Waals surface area contributed by atoms with Gasteiger partial charge in [-0.05, 0) is 90.1 Å². The molecule has 0 heterocycles. The van der Waals surface area contributed by atoms with Gasteiger partial charge in [-0.15, -0.1) is 34.8 Å². The molecule has 3 nitrogen and oxygen atoms in total. The molecule has 0 aromatic carbocycles. The van der Waals surface area contributed by atoms with Crippen molar-refractivity contribution < 1.29 is 14.4 Å². The van der Waals surface area contributed by atoms with Crippen LogP contribution in [0.2, 0.25) is 0 Å². The van der Waals surface area contributed by atoms with Crippen molar-refractivity contribution >= 4 is 109 Å². The van der Waals surface area contributed by atoms with Crippen LogP contribution in [-0.4, -0.2) is 34.7 Å². The second-order valence-electron chi connectivity index (χ2n) is 11.9. The highest BCUT2D eigenvalue weighted by molar-refractivity contribution is 6.79. The minimum Gasteiger partial charge on any atom is -0.281 e. The molecule has 5 rings (SSSR count). The fourth-order valence-corrected chi connectivity index (χ4v) is 13.2. The molecule has 198 valence electrons. The van der Waals surface area contributed by atoms with Crippen molar-refractivity contribution in [3.05, 3.63) is 0 Å². The molecule has 1 spiro atoms. The van der Waals surface area contributed by atoms with Crippen LogP contribution in [0.3, 0.4) is 0 Å². The van der Waals surface area contributed by atoms with E-state index in [0.717, 1.165) is 12.8 Å². The quantitative estimate of drug-likeness (QED) is 0.228. The summed E-state index contributed by atoms with van der Waals surface area (Å²) in [6, 6.07) is 0. The second-order valence-corrected chi connectivity index (χ2v) is 16.0. The molecule has 0 aromatic rings. The van der Waals surface area contributed by atoms with Crippen molar-refractivity contribution in [3.8, 4) is 0 Å². The molecule has 0 radical (unpaired) electrons. The van der Waals surface area contributed by atoms with E-state index in [0.29, 0.717) is 19.3 Å². The van der Waals surface area contributed by atoms with E-state index in [1.165, 1.54) is 0 Å². The minimum atomic E-state index is -2.24. The maximum absolute atomic E-state index is 13.4. The average Bonchev–Trinajstić information content (AvgIpc) is 2.73. The van der Waals surface area contributed by atoms with Crippen molar-refractivity contribution in [1.82, 2.24) is 0 Å². The number of alkyl halides is 5. The van der Waals surface area contributed by atoms with Gasteiger partial charge >= 0.3 is 0 Å². The molecule has 0 aliphatic heterocycles. The summed E-state index contributed by atoms with van der Waals surface area (Å²) in [7, 11) is 0. The summed E-state index contributed by atoms with van der Waals surface area (Å²) in [4.78, 5) is 33.3. The first kappa shape index (κ1) is 29.3. The predicted molar refractivity (Wildman–Crippen MR) is 144 cm³/mol. The Morgan fingerprint density at radius 3 is 1.80 bits per heavy atom. The molecule has 11 heteroatoms. The lowest BCUT2D eigenvalue weighted by atomic mass is 9.31. The zero-order chi connectivity index (χ0) is 26.8. The molecule has 35 heavy (non-hydrogen) atoms. The van der Waals surface area contributed by atoms with Crippen LogP contribution in [0, 0.1) is 39.9 Å². The summed E-state index contributed by atoms with van der Waals surface area (Å²) in [5.41, 5.74) is -2.85. The minimum absolute atomic E-state index is 0.126. The van der Waals surface area contributed by atoms with Crippen molar-refractivity contribution in [3.63, 3.8) is 0 Å². The molecule has 5 aliphatic rings. The third-order valence-corrected chi connectivity index (χ3v) is 16.0. The van der Waals surface area contributed by atoms with Crippen LogP contribution in [-0.2, 0) is 14.4 Å². The fourth-order valence-electron chi connectivity index (χ4n) is 9.14. The summed E-state index contributed by atoms with van der Waals surface area (Å²) < 4.78 is -1.81. The van der Waals surface area contributed by atoms with Gasteiger partial charge in [0.05, 0.1) is 4.87 Å². The highest BCUT2D eigenvalue weighted by atomic mass is 35.5. The zero-order valence-corrected chi connectivity index (χ0v) is 25.8. The number of fused-ring (bicyclic) bond motifs is 3. The largest absolute Gasteiger partial charge is 0.281 e. The Morgan fingerprint density at radius 1 is 0.771 bits per heavy atom. The van der Waals surface area contributed by atoms with Gasteiger partial charge in [0.25, 0.3) is 0 Å². The van der Waals surface area contributed by atoms with Crippen LogP contribution in [0.25, 0.3) is 0 Å². The Hall–Kier alpha value is 1.33. The number of halogens is 8. The van der Waals surface area contributed by atoms with E-state index in [9.17, 15) is 14.4 Å². The molecule has 5 saturated carbocycles. The molecule has 5 fully saturated rings. The van der Waals surface area contributed by atoms with E-state index < -0.39 is 62.8 Å². The topological polar surface area (TPSA) is 51.2 Å². The number of hydrogen-bond donors (Lipinski definition) is 0. The van der Waals surface area contributed by atoms with Crippen molar-refractivity contribution in [2.45, 2.75) is 85.2 Å². The lowest BCUT2D eigenvalue weighted by Crippen LogP contribution is -2.89. The molecule has 0 N–H and O–H groups in total. The van der Waals surface area contributed by atoms with E-state index in [-0.39, 0.29) is 18.3 Å². The van der Waals surface area contributed by atoms with Crippen LogP contribution in [0.15, 0.2) is 0 Å². The molecular weight excluding hydrogens is 620 g/mol. The van der Waals surface area contributed by atoms with Gasteiger partial charge in [-0.1, -0.05) is 57.3 Å². The smallest absolute Gasteiger partial charge is 0.245 e. The van der Waals surface area contributed by atoms with Gasteiger partial charge in [0.2, 0.25) is 15.7 Å². The molecule has 0 saturated heterocycles. The van der Waals surface area contributed by atoms with Gasteiger partial charge in [0.1, 0.15) is 4.33 Å². The molecule has 9 atom stereocenters. The van der Waals surface area contributed by atoms with Gasteiger partial charge in [-0.25, -0.2) is 0 Å². The number of rotatable bonds is 4. The summed E-state index contributed by atoms with van der Waals surface area (Å²) in [6.07, 6.45) is 2.99. The first-order chi connectivity index (χ1) is 15.8. The number of hydrogen-bond acceptors (Lipinski definition) is 3. The molecule has 0 amide bonds. The van der Waals surface area contributed by atoms with Crippen LogP contribution >= 0.6 is 92.8 Å². The van der Waals surface area contributed by atoms with Gasteiger partial charge in [0.15, 0.2) is 9.75 Å².